The number of halogens is 1. The number of carbonyl (C=O) groups excluding carboxylic acids is 1. The second-order valence-electron chi connectivity index (χ2n) is 5.78. The third kappa shape index (κ3) is 3.32. The summed E-state index contributed by atoms with van der Waals surface area (Å²) in [5, 5.41) is 1.02. The Hall–Kier alpha value is -2.07. The molecule has 0 spiro atoms. The zero-order chi connectivity index (χ0) is 16.4. The zero-order valence-electron chi connectivity index (χ0n) is 13.0. The lowest BCUT2D eigenvalue weighted by atomic mass is 10.0. The van der Waals surface area contributed by atoms with E-state index in [-0.39, 0.29) is 0 Å². The Morgan fingerprint density at radius 3 is 2.78 bits per heavy atom. The third-order valence-corrected chi connectivity index (χ3v) is 4.38. The fourth-order valence-corrected chi connectivity index (χ4v) is 3.09. The standard InChI is InChI=1S/C19H17BrO3/c1-12(2)14-3-4-16(10-21)18(9-14)23-11-13-7-15-5-6-22-19(15)17(20)8-13/h3-10,12H,11H2,1-2H3. The first-order valence-corrected chi connectivity index (χ1v) is 8.25. The molecule has 0 aliphatic carbocycles. The molecule has 0 unspecified atom stereocenters. The van der Waals surface area contributed by atoms with Crippen LogP contribution < -0.4 is 4.74 Å². The van der Waals surface area contributed by atoms with Crippen molar-refractivity contribution in [2.75, 3.05) is 0 Å². The molecule has 0 radical (unpaired) electrons. The summed E-state index contributed by atoms with van der Waals surface area (Å²) < 4.78 is 12.2. The van der Waals surface area contributed by atoms with Crippen molar-refractivity contribution >= 4 is 33.2 Å². The Balaban J connectivity index is 1.86. The van der Waals surface area contributed by atoms with Gasteiger partial charge in [0.2, 0.25) is 0 Å². The second kappa shape index (κ2) is 6.59. The molecule has 0 aliphatic rings. The normalized spacial score (nSPS) is 11.1. The molecular weight excluding hydrogens is 356 g/mol. The molecule has 2 aromatic carbocycles. The van der Waals surface area contributed by atoms with Crippen LogP contribution in [0.4, 0.5) is 0 Å². The molecule has 4 heteroatoms. The Kier molecular flexibility index (Phi) is 4.53. The summed E-state index contributed by atoms with van der Waals surface area (Å²) >= 11 is 3.51. The summed E-state index contributed by atoms with van der Waals surface area (Å²) in [6.07, 6.45) is 2.49. The number of rotatable bonds is 5. The highest BCUT2D eigenvalue weighted by atomic mass is 79.9. The van der Waals surface area contributed by atoms with Crippen LogP contribution >= 0.6 is 15.9 Å². The second-order valence-corrected chi connectivity index (χ2v) is 6.63. The first-order chi connectivity index (χ1) is 11.1. The lowest BCUT2D eigenvalue weighted by Gasteiger charge is -2.12. The van der Waals surface area contributed by atoms with E-state index in [2.05, 4.69) is 29.8 Å². The van der Waals surface area contributed by atoms with E-state index < -0.39 is 0 Å². The van der Waals surface area contributed by atoms with E-state index in [1.165, 1.54) is 0 Å². The van der Waals surface area contributed by atoms with Crippen molar-refractivity contribution in [2.24, 2.45) is 0 Å². The lowest BCUT2D eigenvalue weighted by molar-refractivity contribution is 0.111. The van der Waals surface area contributed by atoms with Crippen LogP contribution in [0, 0.1) is 0 Å². The molecule has 118 valence electrons. The molecule has 0 N–H and O–H groups in total. The molecule has 0 amide bonds. The molecule has 1 heterocycles. The van der Waals surface area contributed by atoms with E-state index in [0.717, 1.165) is 32.9 Å². The van der Waals surface area contributed by atoms with Crippen LogP contribution in [0.25, 0.3) is 11.0 Å². The zero-order valence-corrected chi connectivity index (χ0v) is 14.6. The van der Waals surface area contributed by atoms with Gasteiger partial charge in [-0.25, -0.2) is 0 Å². The number of hydrogen-bond acceptors (Lipinski definition) is 3. The Morgan fingerprint density at radius 1 is 1.22 bits per heavy atom. The van der Waals surface area contributed by atoms with Crippen molar-refractivity contribution in [3.8, 4) is 5.75 Å². The van der Waals surface area contributed by atoms with Gasteiger partial charge in [-0.05, 0) is 63.3 Å². The summed E-state index contributed by atoms with van der Waals surface area (Å²) in [7, 11) is 0. The number of ether oxygens (including phenoxy) is 1. The Labute approximate surface area is 143 Å². The van der Waals surface area contributed by atoms with E-state index in [0.29, 0.717) is 23.8 Å². The van der Waals surface area contributed by atoms with Gasteiger partial charge in [-0.1, -0.05) is 19.9 Å². The number of hydrogen-bond donors (Lipinski definition) is 0. The molecular formula is C19H17BrO3. The highest BCUT2D eigenvalue weighted by Gasteiger charge is 2.09. The number of benzene rings is 2. The van der Waals surface area contributed by atoms with Gasteiger partial charge in [-0.3, -0.25) is 4.79 Å². The molecule has 0 atom stereocenters. The van der Waals surface area contributed by atoms with Crippen molar-refractivity contribution in [1.82, 2.24) is 0 Å². The molecule has 0 bridgehead atoms. The van der Waals surface area contributed by atoms with Crippen molar-refractivity contribution in [3.63, 3.8) is 0 Å². The molecule has 3 rings (SSSR count). The van der Waals surface area contributed by atoms with Crippen LogP contribution in [0.15, 0.2) is 51.6 Å². The highest BCUT2D eigenvalue weighted by molar-refractivity contribution is 9.10. The fourth-order valence-electron chi connectivity index (χ4n) is 2.47. The quantitative estimate of drug-likeness (QED) is 0.538. The van der Waals surface area contributed by atoms with Gasteiger partial charge in [0.15, 0.2) is 6.29 Å². The Bertz CT molecular complexity index is 849. The summed E-state index contributed by atoms with van der Waals surface area (Å²) in [6, 6.07) is 11.6. The smallest absolute Gasteiger partial charge is 0.153 e. The number of furan rings is 1. The predicted octanol–water partition coefficient (Wildman–Crippen LogP) is 5.71. The van der Waals surface area contributed by atoms with Crippen molar-refractivity contribution < 1.29 is 13.9 Å². The van der Waals surface area contributed by atoms with Crippen LogP contribution in [0.3, 0.4) is 0 Å². The minimum atomic E-state index is 0.384. The van der Waals surface area contributed by atoms with Crippen molar-refractivity contribution in [3.05, 3.63) is 63.8 Å². The van der Waals surface area contributed by atoms with Crippen LogP contribution in [0.5, 0.6) is 5.75 Å². The number of aldehydes is 1. The van der Waals surface area contributed by atoms with Gasteiger partial charge in [0, 0.05) is 5.39 Å². The molecule has 0 saturated carbocycles. The minimum Gasteiger partial charge on any atom is -0.488 e. The van der Waals surface area contributed by atoms with Gasteiger partial charge in [0.05, 0.1) is 16.3 Å². The monoisotopic (exact) mass is 372 g/mol. The van der Waals surface area contributed by atoms with Crippen LogP contribution in [0.1, 0.15) is 41.3 Å². The first-order valence-electron chi connectivity index (χ1n) is 7.46. The third-order valence-electron chi connectivity index (χ3n) is 3.79. The summed E-state index contributed by atoms with van der Waals surface area (Å²) in [5.41, 5.74) is 3.55. The van der Waals surface area contributed by atoms with E-state index in [1.54, 1.807) is 6.26 Å². The first kappa shape index (κ1) is 15.8. The molecule has 23 heavy (non-hydrogen) atoms. The van der Waals surface area contributed by atoms with E-state index in [9.17, 15) is 4.79 Å². The van der Waals surface area contributed by atoms with Gasteiger partial charge < -0.3 is 9.15 Å². The molecule has 1 aromatic heterocycles. The summed E-state index contributed by atoms with van der Waals surface area (Å²) in [5.74, 6) is 1.00. The molecule has 3 aromatic rings. The maximum absolute atomic E-state index is 11.2. The van der Waals surface area contributed by atoms with Crippen molar-refractivity contribution in [2.45, 2.75) is 26.4 Å². The fraction of sp³-hybridized carbons (Fsp3) is 0.211. The van der Waals surface area contributed by atoms with Crippen LogP contribution in [-0.4, -0.2) is 6.29 Å². The molecule has 3 nitrogen and oxygen atoms in total. The van der Waals surface area contributed by atoms with Gasteiger partial charge in [-0.15, -0.1) is 0 Å². The van der Waals surface area contributed by atoms with E-state index in [1.807, 2.05) is 36.4 Å². The lowest BCUT2D eigenvalue weighted by Crippen LogP contribution is -2.00. The molecule has 0 aliphatic heterocycles. The molecule has 0 fully saturated rings. The van der Waals surface area contributed by atoms with Crippen LogP contribution in [-0.2, 0) is 6.61 Å². The number of carbonyl (C=O) groups is 1. The highest BCUT2D eigenvalue weighted by Crippen LogP contribution is 2.28. The Morgan fingerprint density at radius 2 is 2.04 bits per heavy atom. The SMILES string of the molecule is CC(C)c1ccc(C=O)c(OCc2cc(Br)c3occc3c2)c1. The summed E-state index contributed by atoms with van der Waals surface area (Å²) in [6.45, 7) is 4.62. The minimum absolute atomic E-state index is 0.384. The van der Waals surface area contributed by atoms with Gasteiger partial charge >= 0.3 is 0 Å². The predicted molar refractivity (Wildman–Crippen MR) is 94.2 cm³/mol. The van der Waals surface area contributed by atoms with E-state index >= 15 is 0 Å². The van der Waals surface area contributed by atoms with Gasteiger partial charge in [0.1, 0.15) is 17.9 Å². The molecule has 0 saturated heterocycles. The van der Waals surface area contributed by atoms with Gasteiger partial charge in [0.25, 0.3) is 0 Å². The topological polar surface area (TPSA) is 39.4 Å². The summed E-state index contributed by atoms with van der Waals surface area (Å²) in [4.78, 5) is 11.2. The van der Waals surface area contributed by atoms with E-state index in [4.69, 9.17) is 9.15 Å². The van der Waals surface area contributed by atoms with Gasteiger partial charge in [-0.2, -0.15) is 0 Å². The van der Waals surface area contributed by atoms with Crippen LogP contribution in [0.2, 0.25) is 0 Å². The average Bonchev–Trinajstić information content (AvgIpc) is 3.01. The average molecular weight is 373 g/mol. The maximum Gasteiger partial charge on any atom is 0.153 e. The largest absolute Gasteiger partial charge is 0.488 e. The van der Waals surface area contributed by atoms with Crippen molar-refractivity contribution in [1.29, 1.82) is 0 Å². The maximum atomic E-state index is 11.2. The number of fused-ring (bicyclic) bond motifs is 1.